The summed E-state index contributed by atoms with van der Waals surface area (Å²) in [7, 11) is 1.90. The number of rotatable bonds is 7. The Labute approximate surface area is 183 Å². The van der Waals surface area contributed by atoms with Crippen LogP contribution in [0.2, 0.25) is 5.02 Å². The first-order valence-electron chi connectivity index (χ1n) is 9.43. The summed E-state index contributed by atoms with van der Waals surface area (Å²) in [6.45, 7) is 2.63. The molecule has 0 fully saturated rings. The third kappa shape index (κ3) is 3.92. The van der Waals surface area contributed by atoms with Gasteiger partial charge in [0.05, 0.1) is 16.8 Å². The summed E-state index contributed by atoms with van der Waals surface area (Å²) >= 11 is 7.59. The van der Waals surface area contributed by atoms with Crippen molar-refractivity contribution in [1.29, 1.82) is 0 Å². The molecule has 0 saturated carbocycles. The van der Waals surface area contributed by atoms with E-state index in [-0.39, 0.29) is 6.10 Å². The van der Waals surface area contributed by atoms with E-state index in [2.05, 4.69) is 10.3 Å². The number of thiophene rings is 1. The number of hydrogen-bond donors (Lipinski definition) is 2. The fourth-order valence-electron chi connectivity index (χ4n) is 3.33. The Balaban J connectivity index is 1.73. The summed E-state index contributed by atoms with van der Waals surface area (Å²) in [5, 5.41) is 3.76. The van der Waals surface area contributed by atoms with Gasteiger partial charge in [0.1, 0.15) is 22.4 Å². The summed E-state index contributed by atoms with van der Waals surface area (Å²) < 4.78 is 8.12. The van der Waals surface area contributed by atoms with E-state index in [0.29, 0.717) is 15.6 Å². The molecule has 0 aliphatic carbocycles. The highest BCUT2D eigenvalue weighted by Gasteiger charge is 2.21. The van der Waals surface area contributed by atoms with Crippen LogP contribution in [0.3, 0.4) is 0 Å². The number of imidazole rings is 1. The number of halogens is 1. The maximum atomic E-state index is 12.1. The number of nitrogens with one attached hydrogen (secondary N) is 1. The zero-order chi connectivity index (χ0) is 21.3. The van der Waals surface area contributed by atoms with Gasteiger partial charge in [-0.1, -0.05) is 35.9 Å². The lowest BCUT2D eigenvalue weighted by Gasteiger charge is -2.16. The van der Waals surface area contributed by atoms with Crippen molar-refractivity contribution in [3.63, 3.8) is 0 Å². The number of fused-ring (bicyclic) bond motifs is 1. The first-order valence-corrected chi connectivity index (χ1v) is 10.6. The zero-order valence-corrected chi connectivity index (χ0v) is 18.1. The number of aromatic nitrogens is 2. The molecule has 154 valence electrons. The summed E-state index contributed by atoms with van der Waals surface area (Å²) in [6, 6.07) is 13.3. The van der Waals surface area contributed by atoms with Crippen molar-refractivity contribution in [3.05, 3.63) is 75.9 Å². The second-order valence-corrected chi connectivity index (χ2v) is 8.35. The average molecular weight is 441 g/mol. The number of amides is 1. The number of pyridine rings is 1. The van der Waals surface area contributed by atoms with Gasteiger partial charge in [0.25, 0.3) is 5.91 Å². The molecule has 6 nitrogen and oxygen atoms in total. The third-order valence-corrected chi connectivity index (χ3v) is 6.27. The molecule has 3 aromatic heterocycles. The maximum absolute atomic E-state index is 12.1. The topological polar surface area (TPSA) is 81.7 Å². The first-order chi connectivity index (χ1) is 14.5. The molecule has 0 saturated heterocycles. The minimum atomic E-state index is -0.530. The second-order valence-electron chi connectivity index (χ2n) is 6.89. The fraction of sp³-hybridized carbons (Fsp3) is 0.182. The minimum Gasteiger partial charge on any atom is -0.484 e. The van der Waals surface area contributed by atoms with Crippen LogP contribution in [-0.2, 0) is 6.54 Å². The van der Waals surface area contributed by atoms with Crippen LogP contribution in [0.5, 0.6) is 5.75 Å². The number of ether oxygens (including phenoxy) is 1. The van der Waals surface area contributed by atoms with Crippen LogP contribution in [0.25, 0.3) is 16.2 Å². The van der Waals surface area contributed by atoms with Gasteiger partial charge >= 0.3 is 0 Å². The van der Waals surface area contributed by atoms with Crippen LogP contribution in [0.4, 0.5) is 0 Å². The van der Waals surface area contributed by atoms with Crippen LogP contribution in [0.1, 0.15) is 33.8 Å². The van der Waals surface area contributed by atoms with Crippen molar-refractivity contribution in [3.8, 4) is 16.3 Å². The molecule has 3 heterocycles. The number of hydrogen-bond acceptors (Lipinski definition) is 5. The van der Waals surface area contributed by atoms with Gasteiger partial charge in [-0.3, -0.25) is 9.20 Å². The number of carbonyl (C=O) groups excluding carboxylic acids is 1. The molecular formula is C22H21ClN4O2S. The molecule has 0 radical (unpaired) electrons. The maximum Gasteiger partial charge on any atom is 0.262 e. The smallest absolute Gasteiger partial charge is 0.262 e. The molecular weight excluding hydrogens is 420 g/mol. The lowest BCUT2D eigenvalue weighted by Crippen LogP contribution is -2.12. The number of carbonyl (C=O) groups is 1. The Kier molecular flexibility index (Phi) is 5.76. The zero-order valence-electron chi connectivity index (χ0n) is 16.6. The van der Waals surface area contributed by atoms with E-state index >= 15 is 0 Å². The van der Waals surface area contributed by atoms with Crippen molar-refractivity contribution in [1.82, 2.24) is 14.7 Å². The SMILES string of the molecule is CNCc1ccc2ncc(-c3cc(O[C@H](C)c4ccccc4Cl)c(C(N)=O)s3)n2c1. The van der Waals surface area contributed by atoms with Gasteiger partial charge < -0.3 is 15.8 Å². The van der Waals surface area contributed by atoms with Gasteiger partial charge in [-0.2, -0.15) is 0 Å². The highest BCUT2D eigenvalue weighted by Crippen LogP contribution is 2.39. The molecule has 30 heavy (non-hydrogen) atoms. The van der Waals surface area contributed by atoms with E-state index in [4.69, 9.17) is 22.1 Å². The molecule has 0 spiro atoms. The lowest BCUT2D eigenvalue weighted by atomic mass is 10.1. The summed E-state index contributed by atoms with van der Waals surface area (Å²) in [5.74, 6) is -0.0893. The standard InChI is InChI=1S/C22H21ClN4O2S/c1-13(15-5-3-4-6-16(15)23)29-18-9-19(30-21(18)22(24)28)17-11-26-20-8-7-14(10-25-2)12-27(17)20/h3-9,11-13,25H,10H2,1-2H3,(H2,24,28)/t13-/m1/s1. The van der Waals surface area contributed by atoms with E-state index in [1.165, 1.54) is 11.3 Å². The molecule has 4 aromatic rings. The van der Waals surface area contributed by atoms with E-state index in [1.807, 2.05) is 67.0 Å². The van der Waals surface area contributed by atoms with Crippen LogP contribution in [-0.4, -0.2) is 22.3 Å². The van der Waals surface area contributed by atoms with E-state index in [1.54, 1.807) is 6.20 Å². The van der Waals surface area contributed by atoms with Crippen molar-refractivity contribution >= 4 is 34.5 Å². The molecule has 0 unspecified atom stereocenters. The lowest BCUT2D eigenvalue weighted by molar-refractivity contribution is 0.0998. The van der Waals surface area contributed by atoms with Crippen LogP contribution < -0.4 is 15.8 Å². The summed E-state index contributed by atoms with van der Waals surface area (Å²) in [5.41, 5.74) is 9.30. The monoisotopic (exact) mass is 440 g/mol. The average Bonchev–Trinajstić information content (AvgIpc) is 3.32. The Morgan fingerprint density at radius 1 is 1.33 bits per heavy atom. The van der Waals surface area contributed by atoms with Crippen molar-refractivity contribution in [2.75, 3.05) is 7.05 Å². The molecule has 3 N–H and O–H groups in total. The number of nitrogens with zero attached hydrogens (tertiary/aromatic N) is 2. The molecule has 0 aliphatic heterocycles. The van der Waals surface area contributed by atoms with E-state index in [9.17, 15) is 4.79 Å². The molecule has 0 aliphatic rings. The molecule has 1 aromatic carbocycles. The first kappa shape index (κ1) is 20.4. The number of nitrogens with two attached hydrogens (primary N) is 1. The van der Waals surface area contributed by atoms with Crippen molar-refractivity contribution < 1.29 is 9.53 Å². The molecule has 0 bridgehead atoms. The third-order valence-electron chi connectivity index (χ3n) is 4.77. The van der Waals surface area contributed by atoms with Crippen LogP contribution in [0.15, 0.2) is 54.9 Å². The van der Waals surface area contributed by atoms with Crippen LogP contribution >= 0.6 is 22.9 Å². The summed E-state index contributed by atoms with van der Waals surface area (Å²) in [4.78, 5) is 17.8. The normalized spacial score (nSPS) is 12.2. The fourth-order valence-corrected chi connectivity index (χ4v) is 4.57. The van der Waals surface area contributed by atoms with E-state index < -0.39 is 5.91 Å². The van der Waals surface area contributed by atoms with Gasteiger partial charge in [-0.25, -0.2) is 4.98 Å². The molecule has 1 amide bonds. The molecule has 1 atom stereocenters. The Morgan fingerprint density at radius 2 is 2.13 bits per heavy atom. The van der Waals surface area contributed by atoms with Gasteiger partial charge in [0.15, 0.2) is 0 Å². The Morgan fingerprint density at radius 3 is 2.87 bits per heavy atom. The second kappa shape index (κ2) is 8.47. The van der Waals surface area contributed by atoms with Gasteiger partial charge in [0, 0.05) is 29.4 Å². The Hall–Kier alpha value is -2.87. The largest absolute Gasteiger partial charge is 0.484 e. The van der Waals surface area contributed by atoms with Crippen LogP contribution in [0, 0.1) is 0 Å². The van der Waals surface area contributed by atoms with E-state index in [0.717, 1.165) is 33.9 Å². The minimum absolute atomic E-state index is 0.344. The predicted octanol–water partition coefficient (Wildman–Crippen LogP) is 4.67. The van der Waals surface area contributed by atoms with Crippen molar-refractivity contribution in [2.24, 2.45) is 5.73 Å². The Bertz CT molecular complexity index is 1220. The quantitative estimate of drug-likeness (QED) is 0.437. The molecule has 8 heteroatoms. The number of primary amides is 1. The van der Waals surface area contributed by atoms with Crippen molar-refractivity contribution in [2.45, 2.75) is 19.6 Å². The van der Waals surface area contributed by atoms with Gasteiger partial charge in [-0.05, 0) is 31.7 Å². The summed E-state index contributed by atoms with van der Waals surface area (Å²) in [6.07, 6.45) is 3.48. The number of benzene rings is 1. The highest BCUT2D eigenvalue weighted by molar-refractivity contribution is 7.17. The van der Waals surface area contributed by atoms with Gasteiger partial charge in [0.2, 0.25) is 0 Å². The van der Waals surface area contributed by atoms with Gasteiger partial charge in [-0.15, -0.1) is 11.3 Å². The highest BCUT2D eigenvalue weighted by atomic mass is 35.5. The molecule has 4 rings (SSSR count). The predicted molar refractivity (Wildman–Crippen MR) is 120 cm³/mol.